The van der Waals surface area contributed by atoms with Gasteiger partial charge in [0, 0.05) is 49.8 Å². The van der Waals surface area contributed by atoms with Crippen molar-refractivity contribution in [1.29, 1.82) is 0 Å². The summed E-state index contributed by atoms with van der Waals surface area (Å²) in [5, 5.41) is 14.0. The van der Waals surface area contributed by atoms with Gasteiger partial charge in [0.1, 0.15) is 0 Å². The Hall–Kier alpha value is -2.04. The number of carbonyl (C=O) groups excluding carboxylic acids is 1. The van der Waals surface area contributed by atoms with Crippen molar-refractivity contribution < 1.29 is 18.1 Å². The van der Waals surface area contributed by atoms with Crippen LogP contribution in [-0.4, -0.2) is 67.2 Å². The molecule has 0 spiro atoms. The molecule has 1 N–H and O–H groups in total. The third-order valence-electron chi connectivity index (χ3n) is 6.21. The molecule has 30 heavy (non-hydrogen) atoms. The van der Waals surface area contributed by atoms with Crippen LogP contribution in [0.15, 0.2) is 23.1 Å². The standard InChI is InChI=1S/C20H30N4O5S/c1-14-4-5-18(24(26)27)12-19(14)30(28,29)23-10-8-16(9-11-23)20(25)21-13-15(2)22(3)17-6-7-17/h4-5,12,15-17H,6-11,13H2,1-3H3,(H,21,25). The number of nitro groups is 1. The SMILES string of the molecule is Cc1ccc([N+](=O)[O-])cc1S(=O)(=O)N1CCC(C(=O)NCC(C)N(C)C2CC2)CC1. The topological polar surface area (TPSA) is 113 Å². The lowest BCUT2D eigenvalue weighted by Crippen LogP contribution is -2.46. The maximum atomic E-state index is 13.0. The molecule has 1 aromatic carbocycles. The number of amides is 1. The Morgan fingerprint density at radius 3 is 2.50 bits per heavy atom. The molecule has 1 aromatic rings. The van der Waals surface area contributed by atoms with Crippen LogP contribution in [-0.2, 0) is 14.8 Å². The van der Waals surface area contributed by atoms with Crippen molar-refractivity contribution in [2.45, 2.75) is 56.5 Å². The lowest BCUT2D eigenvalue weighted by molar-refractivity contribution is -0.385. The average Bonchev–Trinajstić information content (AvgIpc) is 3.56. The fourth-order valence-electron chi connectivity index (χ4n) is 3.86. The van der Waals surface area contributed by atoms with E-state index in [-0.39, 0.29) is 41.5 Å². The quantitative estimate of drug-likeness (QED) is 0.490. The van der Waals surface area contributed by atoms with E-state index in [9.17, 15) is 23.3 Å². The monoisotopic (exact) mass is 438 g/mol. The van der Waals surface area contributed by atoms with E-state index < -0.39 is 14.9 Å². The number of hydrogen-bond acceptors (Lipinski definition) is 6. The minimum Gasteiger partial charge on any atom is -0.354 e. The second kappa shape index (κ2) is 8.99. The lowest BCUT2D eigenvalue weighted by Gasteiger charge is -2.31. The van der Waals surface area contributed by atoms with Crippen LogP contribution in [0.2, 0.25) is 0 Å². The van der Waals surface area contributed by atoms with Crippen molar-refractivity contribution in [3.05, 3.63) is 33.9 Å². The highest BCUT2D eigenvalue weighted by molar-refractivity contribution is 7.89. The van der Waals surface area contributed by atoms with Crippen LogP contribution in [0.1, 0.15) is 38.2 Å². The molecule has 1 saturated carbocycles. The summed E-state index contributed by atoms with van der Waals surface area (Å²) in [6.07, 6.45) is 3.30. The summed E-state index contributed by atoms with van der Waals surface area (Å²) in [5.74, 6) is -0.254. The molecule has 2 fully saturated rings. The molecule has 0 radical (unpaired) electrons. The molecule has 1 aliphatic heterocycles. The van der Waals surface area contributed by atoms with Gasteiger partial charge in [0.2, 0.25) is 15.9 Å². The summed E-state index contributed by atoms with van der Waals surface area (Å²) in [7, 11) is -1.77. The number of non-ortho nitro benzene ring substituents is 1. The average molecular weight is 439 g/mol. The van der Waals surface area contributed by atoms with Crippen LogP contribution in [0.3, 0.4) is 0 Å². The van der Waals surface area contributed by atoms with Gasteiger partial charge in [0.05, 0.1) is 9.82 Å². The van der Waals surface area contributed by atoms with Gasteiger partial charge in [-0.25, -0.2) is 8.42 Å². The summed E-state index contributed by atoms with van der Waals surface area (Å²) in [4.78, 5) is 25.2. The smallest absolute Gasteiger partial charge is 0.270 e. The molecule has 1 amide bonds. The highest BCUT2D eigenvalue weighted by atomic mass is 32.2. The molecule has 1 saturated heterocycles. The van der Waals surface area contributed by atoms with E-state index >= 15 is 0 Å². The molecule has 0 bridgehead atoms. The minimum atomic E-state index is -3.85. The van der Waals surface area contributed by atoms with E-state index in [0.29, 0.717) is 31.0 Å². The molecule has 1 aliphatic carbocycles. The van der Waals surface area contributed by atoms with Crippen molar-refractivity contribution in [2.24, 2.45) is 5.92 Å². The fourth-order valence-corrected chi connectivity index (χ4v) is 5.57. The number of sulfonamides is 1. The molecule has 2 aliphatic rings. The molecular formula is C20H30N4O5S. The first-order valence-corrected chi connectivity index (χ1v) is 11.8. The maximum Gasteiger partial charge on any atom is 0.270 e. The summed E-state index contributed by atoms with van der Waals surface area (Å²) in [6, 6.07) is 4.75. The number of nitro benzene ring substituents is 1. The zero-order chi connectivity index (χ0) is 22.1. The van der Waals surface area contributed by atoms with Crippen LogP contribution >= 0.6 is 0 Å². The van der Waals surface area contributed by atoms with E-state index in [0.717, 1.165) is 6.07 Å². The normalized spacial score (nSPS) is 19.6. The summed E-state index contributed by atoms with van der Waals surface area (Å²) in [6.45, 7) is 4.74. The Morgan fingerprint density at radius 1 is 1.30 bits per heavy atom. The molecule has 1 heterocycles. The zero-order valence-electron chi connectivity index (χ0n) is 17.7. The van der Waals surface area contributed by atoms with Crippen molar-refractivity contribution in [3.8, 4) is 0 Å². The van der Waals surface area contributed by atoms with Crippen LogP contribution in [0.5, 0.6) is 0 Å². The Morgan fingerprint density at radius 2 is 1.93 bits per heavy atom. The largest absolute Gasteiger partial charge is 0.354 e. The van der Waals surface area contributed by atoms with Crippen LogP contribution in [0.25, 0.3) is 0 Å². The molecule has 0 aromatic heterocycles. The van der Waals surface area contributed by atoms with Gasteiger partial charge >= 0.3 is 0 Å². The first kappa shape index (κ1) is 22.6. The van der Waals surface area contributed by atoms with E-state index in [2.05, 4.69) is 24.2 Å². The number of carbonyl (C=O) groups is 1. The predicted molar refractivity (Wildman–Crippen MR) is 113 cm³/mol. The lowest BCUT2D eigenvalue weighted by atomic mass is 9.97. The molecular weight excluding hydrogens is 408 g/mol. The van der Waals surface area contributed by atoms with Gasteiger partial charge in [-0.3, -0.25) is 19.8 Å². The van der Waals surface area contributed by atoms with Crippen LogP contribution in [0, 0.1) is 23.0 Å². The van der Waals surface area contributed by atoms with Gasteiger partial charge < -0.3 is 5.32 Å². The number of hydrogen-bond donors (Lipinski definition) is 1. The van der Waals surface area contributed by atoms with E-state index in [4.69, 9.17) is 0 Å². The van der Waals surface area contributed by atoms with Crippen LogP contribution in [0.4, 0.5) is 5.69 Å². The second-order valence-corrected chi connectivity index (χ2v) is 10.3. The Kier molecular flexibility index (Phi) is 6.78. The highest BCUT2D eigenvalue weighted by Gasteiger charge is 2.34. The number of nitrogens with one attached hydrogen (secondary N) is 1. The van der Waals surface area contributed by atoms with E-state index in [1.807, 2.05) is 0 Å². The van der Waals surface area contributed by atoms with Crippen molar-refractivity contribution in [1.82, 2.24) is 14.5 Å². The van der Waals surface area contributed by atoms with Gasteiger partial charge in [0.25, 0.3) is 5.69 Å². The van der Waals surface area contributed by atoms with Crippen molar-refractivity contribution >= 4 is 21.6 Å². The molecule has 9 nitrogen and oxygen atoms in total. The van der Waals surface area contributed by atoms with Gasteiger partial charge in [0.15, 0.2) is 0 Å². The third kappa shape index (κ3) is 4.98. The van der Waals surface area contributed by atoms with Crippen LogP contribution < -0.4 is 5.32 Å². The number of likely N-dealkylation sites (N-methyl/N-ethyl adjacent to an activating group) is 1. The summed E-state index contributed by atoms with van der Waals surface area (Å²) in [5.41, 5.74) is 0.216. The Bertz CT molecular complexity index is 908. The zero-order valence-corrected chi connectivity index (χ0v) is 18.5. The molecule has 1 atom stereocenters. The van der Waals surface area contributed by atoms with E-state index in [1.54, 1.807) is 6.92 Å². The Balaban J connectivity index is 1.57. The molecule has 166 valence electrons. The first-order valence-electron chi connectivity index (χ1n) is 10.4. The number of rotatable bonds is 8. The summed E-state index contributed by atoms with van der Waals surface area (Å²) < 4.78 is 27.4. The third-order valence-corrected chi connectivity index (χ3v) is 8.26. The highest BCUT2D eigenvalue weighted by Crippen LogP contribution is 2.29. The number of benzene rings is 1. The fraction of sp³-hybridized carbons (Fsp3) is 0.650. The summed E-state index contributed by atoms with van der Waals surface area (Å²) >= 11 is 0. The van der Waals surface area contributed by atoms with Gasteiger partial charge in [-0.1, -0.05) is 6.07 Å². The minimum absolute atomic E-state index is 0.0328. The Labute approximate surface area is 177 Å². The number of nitrogens with zero attached hydrogens (tertiary/aromatic N) is 3. The number of aryl methyl sites for hydroxylation is 1. The van der Waals surface area contributed by atoms with Gasteiger partial charge in [-0.2, -0.15) is 4.31 Å². The van der Waals surface area contributed by atoms with Gasteiger partial charge in [-0.05, 0) is 52.1 Å². The second-order valence-electron chi connectivity index (χ2n) is 8.38. The first-order chi connectivity index (χ1) is 14.1. The molecule has 1 unspecified atom stereocenters. The van der Waals surface area contributed by atoms with Crippen molar-refractivity contribution in [3.63, 3.8) is 0 Å². The predicted octanol–water partition coefficient (Wildman–Crippen LogP) is 1.90. The molecule has 3 rings (SSSR count). The molecule has 10 heteroatoms. The van der Waals surface area contributed by atoms with E-state index in [1.165, 1.54) is 29.3 Å². The van der Waals surface area contributed by atoms with Crippen molar-refractivity contribution in [2.75, 3.05) is 26.7 Å². The van der Waals surface area contributed by atoms with Gasteiger partial charge in [-0.15, -0.1) is 0 Å². The number of piperidine rings is 1. The maximum absolute atomic E-state index is 13.0.